The summed E-state index contributed by atoms with van der Waals surface area (Å²) in [4.78, 5) is 29.6. The van der Waals surface area contributed by atoms with Crippen LogP contribution in [-0.2, 0) is 17.5 Å². The summed E-state index contributed by atoms with van der Waals surface area (Å²) >= 11 is 0. The van der Waals surface area contributed by atoms with Gasteiger partial charge in [-0.2, -0.15) is 23.0 Å². The third-order valence-corrected chi connectivity index (χ3v) is 6.61. The predicted octanol–water partition coefficient (Wildman–Crippen LogP) is 3.70. The smallest absolute Gasteiger partial charge is 0.416 e. The number of alkyl halides is 3. The predicted molar refractivity (Wildman–Crippen MR) is 123 cm³/mol. The van der Waals surface area contributed by atoms with Gasteiger partial charge in [0, 0.05) is 46.7 Å². The lowest BCUT2D eigenvalue weighted by Gasteiger charge is -2.23. The molecule has 2 aliphatic rings. The Balaban J connectivity index is 1.39. The van der Waals surface area contributed by atoms with Gasteiger partial charge in [-0.3, -0.25) is 9.69 Å². The van der Waals surface area contributed by atoms with E-state index in [9.17, 15) is 22.8 Å². The zero-order chi connectivity index (χ0) is 25.5. The Labute approximate surface area is 202 Å². The van der Waals surface area contributed by atoms with Crippen LogP contribution in [0.15, 0.2) is 30.6 Å². The van der Waals surface area contributed by atoms with Gasteiger partial charge in [0.05, 0.1) is 29.7 Å². The normalized spacial score (nSPS) is 20.4. The lowest BCUT2D eigenvalue weighted by molar-refractivity contribution is -0.138. The average Bonchev–Trinajstić information content (AvgIpc) is 3.47. The van der Waals surface area contributed by atoms with Crippen molar-refractivity contribution < 1.29 is 27.5 Å². The van der Waals surface area contributed by atoms with Gasteiger partial charge in [-0.15, -0.1) is 0 Å². The summed E-state index contributed by atoms with van der Waals surface area (Å²) in [6.45, 7) is 7.44. The van der Waals surface area contributed by atoms with E-state index in [0.717, 1.165) is 6.07 Å². The topological polar surface area (TPSA) is 70.9 Å². The maximum atomic E-state index is 13.7. The van der Waals surface area contributed by atoms with E-state index < -0.39 is 11.7 Å². The number of ether oxygens (including phenoxy) is 1. The highest BCUT2D eigenvalue weighted by molar-refractivity contribution is 5.91. The summed E-state index contributed by atoms with van der Waals surface area (Å²) in [5, 5.41) is 4.09. The maximum Gasteiger partial charge on any atom is 0.416 e. The van der Waals surface area contributed by atoms with Crippen molar-refractivity contribution in [3.63, 3.8) is 0 Å². The molecule has 2 amide bonds. The van der Waals surface area contributed by atoms with Crippen molar-refractivity contribution >= 4 is 17.6 Å². The Kier molecular flexibility index (Phi) is 6.81. The number of fused-ring (bicyclic) bond motifs is 1. The first-order valence-corrected chi connectivity index (χ1v) is 11.6. The maximum absolute atomic E-state index is 13.7. The van der Waals surface area contributed by atoms with Crippen LogP contribution in [-0.4, -0.2) is 70.8 Å². The summed E-state index contributed by atoms with van der Waals surface area (Å²) in [5.74, 6) is 0.418. The molecule has 190 valence electrons. The molecule has 4 rings (SSSR count). The van der Waals surface area contributed by atoms with Crippen LogP contribution in [0.25, 0.3) is 0 Å². The molecule has 0 spiro atoms. The van der Waals surface area contributed by atoms with Crippen LogP contribution in [0.1, 0.15) is 31.9 Å². The molecule has 3 heterocycles. The van der Waals surface area contributed by atoms with Crippen LogP contribution in [0.3, 0.4) is 0 Å². The molecular formula is C24H30F3N5O3. The molecule has 2 saturated heterocycles. The number of hydrogen-bond donors (Lipinski definition) is 0. The Hall–Kier alpha value is -3.08. The van der Waals surface area contributed by atoms with Crippen molar-refractivity contribution in [1.29, 1.82) is 0 Å². The van der Waals surface area contributed by atoms with Crippen molar-refractivity contribution in [3.05, 3.63) is 41.7 Å². The zero-order valence-electron chi connectivity index (χ0n) is 20.2. The molecule has 0 radical (unpaired) electrons. The Bertz CT molecular complexity index is 1090. The molecule has 8 nitrogen and oxygen atoms in total. The van der Waals surface area contributed by atoms with Gasteiger partial charge >= 0.3 is 12.2 Å². The number of likely N-dealkylation sites (tertiary alicyclic amines) is 2. The van der Waals surface area contributed by atoms with Crippen LogP contribution in [0.5, 0.6) is 5.75 Å². The second-order valence-electron chi connectivity index (χ2n) is 9.61. The fraction of sp³-hybridized carbons (Fsp3) is 0.542. The number of halogens is 3. The highest BCUT2D eigenvalue weighted by Crippen LogP contribution is 2.37. The van der Waals surface area contributed by atoms with Crippen molar-refractivity contribution in [1.82, 2.24) is 19.6 Å². The summed E-state index contributed by atoms with van der Waals surface area (Å²) in [7, 11) is 1.61. The van der Waals surface area contributed by atoms with Crippen LogP contribution in [0.4, 0.5) is 23.7 Å². The first kappa shape index (κ1) is 25.0. The summed E-state index contributed by atoms with van der Waals surface area (Å²) in [6, 6.07) is 3.89. The van der Waals surface area contributed by atoms with E-state index in [-0.39, 0.29) is 47.7 Å². The van der Waals surface area contributed by atoms with Gasteiger partial charge in [-0.1, -0.05) is 6.07 Å². The monoisotopic (exact) mass is 493 g/mol. The highest BCUT2D eigenvalue weighted by Gasteiger charge is 2.43. The molecule has 2 unspecified atom stereocenters. The molecule has 0 bridgehead atoms. The summed E-state index contributed by atoms with van der Waals surface area (Å²) in [6.07, 6.45) is -1.69. The van der Waals surface area contributed by atoms with Gasteiger partial charge in [-0.05, 0) is 43.4 Å². The number of aromatic nitrogens is 2. The van der Waals surface area contributed by atoms with Crippen LogP contribution < -0.4 is 9.64 Å². The third-order valence-electron chi connectivity index (χ3n) is 6.61. The molecule has 0 saturated carbocycles. The number of anilines is 1. The third kappa shape index (κ3) is 5.44. The number of benzene rings is 1. The molecule has 1 aromatic heterocycles. The fourth-order valence-electron chi connectivity index (χ4n) is 4.84. The van der Waals surface area contributed by atoms with E-state index in [1.165, 1.54) is 35.0 Å². The lowest BCUT2D eigenvalue weighted by Crippen LogP contribution is -2.36. The minimum Gasteiger partial charge on any atom is -0.491 e. The SMILES string of the molecule is CC(=O)N(C)c1cnn(C(=O)N2CC3CN(Cc4ccc(OC(C)C)cc4C(F)(F)F)CC3C2)c1. The molecule has 11 heteroatoms. The second-order valence-corrected chi connectivity index (χ2v) is 9.61. The lowest BCUT2D eigenvalue weighted by atomic mass is 10.0. The molecule has 0 N–H and O–H groups in total. The number of rotatable bonds is 5. The van der Waals surface area contributed by atoms with Gasteiger partial charge in [0.1, 0.15) is 5.75 Å². The Morgan fingerprint density at radius 3 is 2.40 bits per heavy atom. The van der Waals surface area contributed by atoms with E-state index >= 15 is 0 Å². The zero-order valence-corrected chi connectivity index (χ0v) is 20.2. The molecule has 2 aromatic rings. The summed E-state index contributed by atoms with van der Waals surface area (Å²) in [5.41, 5.74) is 0.0800. The number of carbonyl (C=O) groups excluding carboxylic acids is 2. The Morgan fingerprint density at radius 1 is 1.17 bits per heavy atom. The van der Waals surface area contributed by atoms with E-state index in [2.05, 4.69) is 5.10 Å². The van der Waals surface area contributed by atoms with Crippen LogP contribution in [0.2, 0.25) is 0 Å². The summed E-state index contributed by atoms with van der Waals surface area (Å²) < 4.78 is 47.8. The first-order valence-electron chi connectivity index (χ1n) is 11.6. The van der Waals surface area contributed by atoms with Gasteiger partial charge < -0.3 is 14.5 Å². The van der Waals surface area contributed by atoms with Crippen molar-refractivity contribution in [2.75, 3.05) is 38.1 Å². The fourth-order valence-corrected chi connectivity index (χ4v) is 4.84. The van der Waals surface area contributed by atoms with Gasteiger partial charge in [0.15, 0.2) is 0 Å². The van der Waals surface area contributed by atoms with E-state index in [0.29, 0.717) is 31.9 Å². The molecule has 2 atom stereocenters. The molecule has 1 aromatic carbocycles. The van der Waals surface area contributed by atoms with Gasteiger partial charge in [0.2, 0.25) is 5.91 Å². The van der Waals surface area contributed by atoms with Crippen LogP contribution in [0, 0.1) is 11.8 Å². The van der Waals surface area contributed by atoms with Crippen molar-refractivity contribution in [2.45, 2.75) is 39.6 Å². The minimum atomic E-state index is -4.47. The second kappa shape index (κ2) is 9.52. The standard InChI is InChI=1S/C24H30F3N5O3/c1-15(2)35-21-6-5-17(22(7-21)24(25,26)27)9-30-10-18-12-31(13-19(18)11-30)23(34)32-14-20(8-28-32)29(4)16(3)33/h5-8,14-15,18-19H,9-13H2,1-4H3. The molecular weight excluding hydrogens is 463 g/mol. The quantitative estimate of drug-likeness (QED) is 0.635. The van der Waals surface area contributed by atoms with Crippen molar-refractivity contribution in [3.8, 4) is 5.75 Å². The number of carbonyl (C=O) groups is 2. The number of nitrogens with zero attached hydrogens (tertiary/aromatic N) is 5. The van der Waals surface area contributed by atoms with Crippen LogP contribution >= 0.6 is 0 Å². The Morgan fingerprint density at radius 2 is 1.83 bits per heavy atom. The molecule has 35 heavy (non-hydrogen) atoms. The average molecular weight is 494 g/mol. The van der Waals surface area contributed by atoms with Gasteiger partial charge in [-0.25, -0.2) is 4.79 Å². The minimum absolute atomic E-state index is 0.163. The number of amides is 2. The van der Waals surface area contributed by atoms with E-state index in [4.69, 9.17) is 4.74 Å². The molecule has 2 fully saturated rings. The molecule has 2 aliphatic heterocycles. The van der Waals surface area contributed by atoms with Crippen molar-refractivity contribution in [2.24, 2.45) is 11.8 Å². The van der Waals surface area contributed by atoms with Gasteiger partial charge in [0.25, 0.3) is 0 Å². The first-order chi connectivity index (χ1) is 16.4. The highest BCUT2D eigenvalue weighted by atomic mass is 19.4. The van der Waals surface area contributed by atoms with E-state index in [1.807, 2.05) is 4.90 Å². The number of hydrogen-bond acceptors (Lipinski definition) is 5. The largest absolute Gasteiger partial charge is 0.491 e. The van der Waals surface area contributed by atoms with E-state index in [1.54, 1.807) is 31.9 Å². The molecule has 0 aliphatic carbocycles.